The predicted molar refractivity (Wildman–Crippen MR) is 56.3 cm³/mol. The van der Waals surface area contributed by atoms with Crippen LogP contribution in [0.3, 0.4) is 0 Å². The van der Waals surface area contributed by atoms with Crippen molar-refractivity contribution in [3.63, 3.8) is 0 Å². The first kappa shape index (κ1) is 11.9. The van der Waals surface area contributed by atoms with Crippen LogP contribution in [0.15, 0.2) is 0 Å². The van der Waals surface area contributed by atoms with Crippen LogP contribution in [0.4, 0.5) is 0 Å². The zero-order chi connectivity index (χ0) is 10.8. The number of piperazine rings is 1. The number of nitrogens with zero attached hydrogens (tertiary/aromatic N) is 3. The molecule has 1 rings (SSSR count). The standard InChI is InChI=1S/C8H19N3O2S/c1-4-10-5-7-11(8-6-10)14(12,13)9(2)3/h4-8H2,1-3H3. The Labute approximate surface area is 86.5 Å². The maximum atomic E-state index is 11.7. The second-order valence-electron chi connectivity index (χ2n) is 3.62. The van der Waals surface area contributed by atoms with Crippen LogP contribution in [0.5, 0.6) is 0 Å². The molecule has 1 heterocycles. The predicted octanol–water partition coefficient (Wildman–Crippen LogP) is -0.570. The molecule has 0 aromatic heterocycles. The van der Waals surface area contributed by atoms with Gasteiger partial charge in [0.05, 0.1) is 0 Å². The average Bonchev–Trinajstić information content (AvgIpc) is 2.17. The Balaban J connectivity index is 2.58. The summed E-state index contributed by atoms with van der Waals surface area (Å²) in [4.78, 5) is 2.25. The molecule has 0 spiro atoms. The zero-order valence-corrected chi connectivity index (χ0v) is 9.92. The van der Waals surface area contributed by atoms with E-state index < -0.39 is 10.2 Å². The minimum Gasteiger partial charge on any atom is -0.301 e. The van der Waals surface area contributed by atoms with E-state index in [0.29, 0.717) is 13.1 Å². The van der Waals surface area contributed by atoms with Crippen LogP contribution >= 0.6 is 0 Å². The second-order valence-corrected chi connectivity index (χ2v) is 5.77. The molecule has 0 saturated carbocycles. The molecule has 1 aliphatic heterocycles. The van der Waals surface area contributed by atoms with E-state index in [1.54, 1.807) is 18.4 Å². The quantitative estimate of drug-likeness (QED) is 0.641. The van der Waals surface area contributed by atoms with E-state index in [2.05, 4.69) is 11.8 Å². The van der Waals surface area contributed by atoms with Crippen molar-refractivity contribution >= 4 is 10.2 Å². The van der Waals surface area contributed by atoms with Crippen molar-refractivity contribution in [3.8, 4) is 0 Å². The van der Waals surface area contributed by atoms with Gasteiger partial charge in [0.1, 0.15) is 0 Å². The zero-order valence-electron chi connectivity index (χ0n) is 9.10. The molecule has 0 aromatic carbocycles. The fraction of sp³-hybridized carbons (Fsp3) is 1.00. The largest absolute Gasteiger partial charge is 0.301 e. The normalized spacial score (nSPS) is 21.7. The first-order valence-corrected chi connectivity index (χ1v) is 6.28. The number of rotatable bonds is 3. The molecule has 1 saturated heterocycles. The van der Waals surface area contributed by atoms with E-state index in [1.165, 1.54) is 4.31 Å². The van der Waals surface area contributed by atoms with Crippen molar-refractivity contribution in [3.05, 3.63) is 0 Å². The third kappa shape index (κ3) is 2.44. The minimum atomic E-state index is -3.19. The van der Waals surface area contributed by atoms with Crippen molar-refractivity contribution in [2.45, 2.75) is 6.92 Å². The molecule has 5 nitrogen and oxygen atoms in total. The van der Waals surface area contributed by atoms with Gasteiger partial charge >= 0.3 is 0 Å². The van der Waals surface area contributed by atoms with Crippen molar-refractivity contribution in [2.75, 3.05) is 46.8 Å². The van der Waals surface area contributed by atoms with E-state index in [0.717, 1.165) is 19.6 Å². The fourth-order valence-corrected chi connectivity index (χ4v) is 2.59. The summed E-state index contributed by atoms with van der Waals surface area (Å²) in [5.41, 5.74) is 0. The lowest BCUT2D eigenvalue weighted by Crippen LogP contribution is -2.51. The highest BCUT2D eigenvalue weighted by Crippen LogP contribution is 2.08. The van der Waals surface area contributed by atoms with Gasteiger partial charge in [0.15, 0.2) is 0 Å². The van der Waals surface area contributed by atoms with Gasteiger partial charge in [0, 0.05) is 40.3 Å². The van der Waals surface area contributed by atoms with Crippen molar-refractivity contribution < 1.29 is 8.42 Å². The lowest BCUT2D eigenvalue weighted by molar-refractivity contribution is 0.191. The number of hydrogen-bond donors (Lipinski definition) is 0. The molecule has 0 atom stereocenters. The van der Waals surface area contributed by atoms with Crippen molar-refractivity contribution in [1.82, 2.24) is 13.5 Å². The van der Waals surface area contributed by atoms with E-state index in [4.69, 9.17) is 0 Å². The average molecular weight is 221 g/mol. The van der Waals surface area contributed by atoms with Gasteiger partial charge < -0.3 is 4.90 Å². The summed E-state index contributed by atoms with van der Waals surface area (Å²) in [6.07, 6.45) is 0. The summed E-state index contributed by atoms with van der Waals surface area (Å²) >= 11 is 0. The summed E-state index contributed by atoms with van der Waals surface area (Å²) in [7, 11) is -0.0497. The molecule has 0 amide bonds. The molecular formula is C8H19N3O2S. The van der Waals surface area contributed by atoms with E-state index in [1.807, 2.05) is 0 Å². The lowest BCUT2D eigenvalue weighted by atomic mass is 10.4. The molecule has 0 bridgehead atoms. The Kier molecular flexibility index (Phi) is 3.88. The molecule has 0 aliphatic carbocycles. The highest BCUT2D eigenvalue weighted by atomic mass is 32.2. The van der Waals surface area contributed by atoms with Crippen LogP contribution in [-0.2, 0) is 10.2 Å². The highest BCUT2D eigenvalue weighted by Gasteiger charge is 2.27. The van der Waals surface area contributed by atoms with Gasteiger partial charge in [-0.05, 0) is 6.54 Å². The number of likely N-dealkylation sites (N-methyl/N-ethyl adjacent to an activating group) is 1. The first-order valence-electron chi connectivity index (χ1n) is 4.88. The molecule has 1 fully saturated rings. The van der Waals surface area contributed by atoms with Gasteiger partial charge in [0.25, 0.3) is 10.2 Å². The van der Waals surface area contributed by atoms with Gasteiger partial charge in [-0.15, -0.1) is 0 Å². The van der Waals surface area contributed by atoms with Crippen LogP contribution in [0.1, 0.15) is 6.92 Å². The minimum absolute atomic E-state index is 0.606. The summed E-state index contributed by atoms with van der Waals surface area (Å²) < 4.78 is 26.2. The molecular weight excluding hydrogens is 202 g/mol. The monoisotopic (exact) mass is 221 g/mol. The summed E-state index contributed by atoms with van der Waals surface area (Å²) in [5, 5.41) is 0. The Morgan fingerprint density at radius 3 is 2.00 bits per heavy atom. The molecule has 6 heteroatoms. The number of hydrogen-bond acceptors (Lipinski definition) is 3. The third-order valence-electron chi connectivity index (χ3n) is 2.57. The second kappa shape index (κ2) is 4.57. The van der Waals surface area contributed by atoms with Gasteiger partial charge in [-0.25, -0.2) is 0 Å². The van der Waals surface area contributed by atoms with Crippen molar-refractivity contribution in [2.24, 2.45) is 0 Å². The van der Waals surface area contributed by atoms with Gasteiger partial charge in [-0.1, -0.05) is 6.92 Å². The van der Waals surface area contributed by atoms with E-state index in [9.17, 15) is 8.42 Å². The maximum Gasteiger partial charge on any atom is 0.281 e. The topological polar surface area (TPSA) is 43.9 Å². The van der Waals surface area contributed by atoms with Crippen LogP contribution < -0.4 is 0 Å². The van der Waals surface area contributed by atoms with Gasteiger partial charge in [-0.2, -0.15) is 17.0 Å². The van der Waals surface area contributed by atoms with Crippen LogP contribution in [0.2, 0.25) is 0 Å². The molecule has 0 unspecified atom stereocenters. The summed E-state index contributed by atoms with van der Waals surface area (Å²) in [6.45, 7) is 5.97. The lowest BCUT2D eigenvalue weighted by Gasteiger charge is -2.34. The molecule has 84 valence electrons. The Bertz CT molecular complexity index is 268. The SMILES string of the molecule is CCN1CCN(S(=O)(=O)N(C)C)CC1. The Hall–Kier alpha value is -0.170. The van der Waals surface area contributed by atoms with E-state index >= 15 is 0 Å². The maximum absolute atomic E-state index is 11.7. The Morgan fingerprint density at radius 1 is 1.14 bits per heavy atom. The smallest absolute Gasteiger partial charge is 0.281 e. The van der Waals surface area contributed by atoms with E-state index in [-0.39, 0.29) is 0 Å². The summed E-state index contributed by atoms with van der Waals surface area (Å²) in [5.74, 6) is 0. The molecule has 0 radical (unpaired) electrons. The van der Waals surface area contributed by atoms with Crippen molar-refractivity contribution in [1.29, 1.82) is 0 Å². The third-order valence-corrected chi connectivity index (χ3v) is 4.51. The fourth-order valence-electron chi connectivity index (χ4n) is 1.51. The van der Waals surface area contributed by atoms with Crippen LogP contribution in [-0.4, -0.2) is 68.7 Å². The highest BCUT2D eigenvalue weighted by molar-refractivity contribution is 7.86. The Morgan fingerprint density at radius 2 is 1.64 bits per heavy atom. The summed E-state index contributed by atoms with van der Waals surface area (Å²) in [6, 6.07) is 0. The molecule has 0 aromatic rings. The molecule has 1 aliphatic rings. The first-order chi connectivity index (χ1) is 6.48. The van der Waals surface area contributed by atoms with Crippen LogP contribution in [0, 0.1) is 0 Å². The molecule has 14 heavy (non-hydrogen) atoms. The molecule has 0 N–H and O–H groups in total. The van der Waals surface area contributed by atoms with Gasteiger partial charge in [0.2, 0.25) is 0 Å². The van der Waals surface area contributed by atoms with Gasteiger partial charge in [-0.3, -0.25) is 0 Å². The van der Waals surface area contributed by atoms with Crippen LogP contribution in [0.25, 0.3) is 0 Å².